The lowest BCUT2D eigenvalue weighted by molar-refractivity contribution is 0.102. The summed E-state index contributed by atoms with van der Waals surface area (Å²) in [4.78, 5) is 17.5. The van der Waals surface area contributed by atoms with Crippen LogP contribution in [-0.4, -0.2) is 27.8 Å². The molecule has 0 saturated carbocycles. The quantitative estimate of drug-likeness (QED) is 0.549. The second kappa shape index (κ2) is 7.32. The summed E-state index contributed by atoms with van der Waals surface area (Å²) in [5.41, 5.74) is 1.94. The van der Waals surface area contributed by atoms with Crippen LogP contribution in [0.5, 0.6) is 5.75 Å². The SMILES string of the molecule is COc1ccc(Cl)cc1C(=O)Nc1cc(C)nn1-c1ccc2ccccc2n1. The Labute approximate surface area is 166 Å². The first-order valence-corrected chi connectivity index (χ1v) is 9.00. The summed E-state index contributed by atoms with van der Waals surface area (Å²) >= 11 is 6.04. The highest BCUT2D eigenvalue weighted by Crippen LogP contribution is 2.25. The number of para-hydroxylation sites is 1. The molecule has 0 aliphatic rings. The van der Waals surface area contributed by atoms with Gasteiger partial charge in [0.2, 0.25) is 0 Å². The molecule has 0 bridgehead atoms. The molecule has 0 fully saturated rings. The molecule has 4 aromatic rings. The number of amides is 1. The first-order valence-electron chi connectivity index (χ1n) is 8.63. The first-order chi connectivity index (χ1) is 13.5. The molecular formula is C21H17ClN4O2. The van der Waals surface area contributed by atoms with Crippen molar-refractivity contribution in [3.63, 3.8) is 0 Å². The number of carbonyl (C=O) groups excluding carboxylic acids is 1. The van der Waals surface area contributed by atoms with Crippen LogP contribution in [0.3, 0.4) is 0 Å². The highest BCUT2D eigenvalue weighted by Gasteiger charge is 2.17. The van der Waals surface area contributed by atoms with Gasteiger partial charge in [-0.3, -0.25) is 4.79 Å². The van der Waals surface area contributed by atoms with E-state index < -0.39 is 0 Å². The predicted octanol–water partition coefficient (Wildman–Crippen LogP) is 4.64. The number of benzene rings is 2. The fourth-order valence-electron chi connectivity index (χ4n) is 2.98. The Morgan fingerprint density at radius 2 is 1.93 bits per heavy atom. The van der Waals surface area contributed by atoms with Crippen molar-refractivity contribution < 1.29 is 9.53 Å². The molecule has 2 heterocycles. The van der Waals surface area contributed by atoms with Gasteiger partial charge in [0.05, 0.1) is 23.9 Å². The van der Waals surface area contributed by atoms with Crippen LogP contribution >= 0.6 is 11.6 Å². The maximum Gasteiger partial charge on any atom is 0.260 e. The molecule has 0 unspecified atom stereocenters. The van der Waals surface area contributed by atoms with Crippen molar-refractivity contribution in [1.82, 2.24) is 14.8 Å². The van der Waals surface area contributed by atoms with E-state index in [0.717, 1.165) is 16.6 Å². The minimum Gasteiger partial charge on any atom is -0.496 e. The number of fused-ring (bicyclic) bond motifs is 1. The zero-order chi connectivity index (χ0) is 19.7. The fraction of sp³-hybridized carbons (Fsp3) is 0.0952. The second-order valence-electron chi connectivity index (χ2n) is 6.24. The maximum absolute atomic E-state index is 12.8. The number of nitrogens with one attached hydrogen (secondary N) is 1. The van der Waals surface area contributed by atoms with E-state index in [1.165, 1.54) is 7.11 Å². The monoisotopic (exact) mass is 392 g/mol. The lowest BCUT2D eigenvalue weighted by Gasteiger charge is -2.11. The van der Waals surface area contributed by atoms with Crippen LogP contribution in [-0.2, 0) is 0 Å². The average Bonchev–Trinajstić information content (AvgIpc) is 3.07. The van der Waals surface area contributed by atoms with Crippen LogP contribution in [0.15, 0.2) is 60.7 Å². The zero-order valence-electron chi connectivity index (χ0n) is 15.3. The van der Waals surface area contributed by atoms with E-state index in [-0.39, 0.29) is 5.91 Å². The molecule has 7 heteroatoms. The lowest BCUT2D eigenvalue weighted by Crippen LogP contribution is -2.16. The van der Waals surface area contributed by atoms with Gasteiger partial charge in [0, 0.05) is 16.5 Å². The van der Waals surface area contributed by atoms with Crippen molar-refractivity contribution >= 4 is 34.2 Å². The van der Waals surface area contributed by atoms with E-state index >= 15 is 0 Å². The smallest absolute Gasteiger partial charge is 0.260 e. The molecule has 1 amide bonds. The molecule has 140 valence electrons. The molecule has 0 saturated heterocycles. The number of ether oxygens (including phenoxy) is 1. The maximum atomic E-state index is 12.8. The largest absolute Gasteiger partial charge is 0.496 e. The minimum absolute atomic E-state index is 0.340. The Morgan fingerprint density at radius 3 is 2.75 bits per heavy atom. The number of methoxy groups -OCH3 is 1. The van der Waals surface area contributed by atoms with Crippen molar-refractivity contribution in [2.45, 2.75) is 6.92 Å². The summed E-state index contributed by atoms with van der Waals surface area (Å²) in [6.07, 6.45) is 0. The molecule has 2 aromatic heterocycles. The molecule has 0 atom stereocenters. The molecule has 0 aliphatic carbocycles. The van der Waals surface area contributed by atoms with E-state index in [1.807, 2.05) is 43.3 Å². The van der Waals surface area contributed by atoms with Gasteiger partial charge in [0.1, 0.15) is 11.6 Å². The van der Waals surface area contributed by atoms with Crippen LogP contribution in [0, 0.1) is 6.92 Å². The van der Waals surface area contributed by atoms with Gasteiger partial charge < -0.3 is 10.1 Å². The molecule has 28 heavy (non-hydrogen) atoms. The Morgan fingerprint density at radius 1 is 1.11 bits per heavy atom. The summed E-state index contributed by atoms with van der Waals surface area (Å²) < 4.78 is 6.88. The van der Waals surface area contributed by atoms with Crippen molar-refractivity contribution in [1.29, 1.82) is 0 Å². The third-order valence-corrected chi connectivity index (χ3v) is 4.52. The molecule has 2 aromatic carbocycles. The average molecular weight is 393 g/mol. The van der Waals surface area contributed by atoms with Crippen LogP contribution in [0.25, 0.3) is 16.7 Å². The summed E-state index contributed by atoms with van der Waals surface area (Å²) in [6.45, 7) is 1.85. The number of carbonyl (C=O) groups is 1. The van der Waals surface area contributed by atoms with Gasteiger partial charge in [-0.05, 0) is 43.3 Å². The van der Waals surface area contributed by atoms with Crippen molar-refractivity contribution in [3.05, 3.63) is 76.9 Å². The summed E-state index contributed by atoms with van der Waals surface area (Å²) in [5, 5.41) is 8.84. The number of hydrogen-bond donors (Lipinski definition) is 1. The molecule has 1 N–H and O–H groups in total. The van der Waals surface area contributed by atoms with Crippen molar-refractivity contribution in [2.24, 2.45) is 0 Å². The van der Waals surface area contributed by atoms with Crippen molar-refractivity contribution in [3.8, 4) is 11.6 Å². The van der Waals surface area contributed by atoms with Crippen molar-refractivity contribution in [2.75, 3.05) is 12.4 Å². The number of anilines is 1. The third kappa shape index (κ3) is 3.42. The normalized spacial score (nSPS) is 10.8. The number of halogens is 1. The number of aromatic nitrogens is 3. The molecule has 0 radical (unpaired) electrons. The van der Waals surface area contributed by atoms with Gasteiger partial charge in [-0.25, -0.2) is 4.98 Å². The fourth-order valence-corrected chi connectivity index (χ4v) is 3.15. The zero-order valence-corrected chi connectivity index (χ0v) is 16.1. The molecule has 4 rings (SSSR count). The Bertz CT molecular complexity index is 1190. The predicted molar refractivity (Wildman–Crippen MR) is 110 cm³/mol. The first kappa shape index (κ1) is 18.0. The van der Waals surface area contributed by atoms with Gasteiger partial charge in [-0.15, -0.1) is 0 Å². The highest BCUT2D eigenvalue weighted by molar-refractivity contribution is 6.31. The van der Waals surface area contributed by atoms with E-state index in [1.54, 1.807) is 28.9 Å². The Hall–Kier alpha value is -3.38. The standard InChI is InChI=1S/C21H17ClN4O2/c1-13-11-20(24-21(27)16-12-15(22)8-9-18(16)28-2)26(25-13)19-10-7-14-5-3-4-6-17(14)23-19/h3-12H,1-2H3,(H,24,27). The van der Waals surface area contributed by atoms with Gasteiger partial charge in [0.25, 0.3) is 5.91 Å². The summed E-state index contributed by atoms with van der Waals surface area (Å²) in [7, 11) is 1.51. The van der Waals surface area contributed by atoms with E-state index in [9.17, 15) is 4.79 Å². The summed E-state index contributed by atoms with van der Waals surface area (Å²) in [5.74, 6) is 1.21. The highest BCUT2D eigenvalue weighted by atomic mass is 35.5. The van der Waals surface area contributed by atoms with Crippen LogP contribution in [0.2, 0.25) is 5.02 Å². The van der Waals surface area contributed by atoms with Gasteiger partial charge >= 0.3 is 0 Å². The second-order valence-corrected chi connectivity index (χ2v) is 6.68. The third-order valence-electron chi connectivity index (χ3n) is 4.28. The lowest BCUT2D eigenvalue weighted by atomic mass is 10.2. The molecule has 6 nitrogen and oxygen atoms in total. The van der Waals surface area contributed by atoms with E-state index in [0.29, 0.717) is 28.0 Å². The van der Waals surface area contributed by atoms with Gasteiger partial charge in [-0.1, -0.05) is 29.8 Å². The molecule has 0 spiro atoms. The topological polar surface area (TPSA) is 69.0 Å². The summed E-state index contributed by atoms with van der Waals surface area (Å²) in [6, 6.07) is 18.3. The number of pyridine rings is 1. The number of hydrogen-bond acceptors (Lipinski definition) is 4. The van der Waals surface area contributed by atoms with E-state index in [4.69, 9.17) is 16.3 Å². The van der Waals surface area contributed by atoms with Gasteiger partial charge in [0.15, 0.2) is 5.82 Å². The number of nitrogens with zero attached hydrogens (tertiary/aromatic N) is 3. The number of rotatable bonds is 4. The minimum atomic E-state index is -0.346. The van der Waals surface area contributed by atoms with Crippen LogP contribution in [0.1, 0.15) is 16.1 Å². The van der Waals surface area contributed by atoms with E-state index in [2.05, 4.69) is 15.4 Å². The Kier molecular flexibility index (Phi) is 4.71. The Balaban J connectivity index is 1.72. The molecular weight excluding hydrogens is 376 g/mol. The molecule has 0 aliphatic heterocycles. The number of aryl methyl sites for hydroxylation is 1. The van der Waals surface area contributed by atoms with Crippen LogP contribution < -0.4 is 10.1 Å². The van der Waals surface area contributed by atoms with Gasteiger partial charge in [-0.2, -0.15) is 9.78 Å². The van der Waals surface area contributed by atoms with Crippen LogP contribution in [0.4, 0.5) is 5.82 Å².